The van der Waals surface area contributed by atoms with Crippen LogP contribution in [0.4, 0.5) is 0 Å². The van der Waals surface area contributed by atoms with Crippen LogP contribution in [0.5, 0.6) is 0 Å². The fraction of sp³-hybridized carbons (Fsp3) is 0.500. The van der Waals surface area contributed by atoms with E-state index in [2.05, 4.69) is 49.2 Å². The van der Waals surface area contributed by atoms with Gasteiger partial charge in [-0.15, -0.1) is 0 Å². The van der Waals surface area contributed by atoms with Gasteiger partial charge in [0.05, 0.1) is 5.69 Å². The molecule has 1 aromatic heterocycles. The second kappa shape index (κ2) is 4.28. The Morgan fingerprint density at radius 3 is 2.94 bits per heavy atom. The van der Waals surface area contributed by atoms with Crippen LogP contribution in [-0.4, -0.2) is 10.2 Å². The summed E-state index contributed by atoms with van der Waals surface area (Å²) in [7, 11) is 0. The number of aromatic amines is 1. The molecule has 0 saturated carbocycles. The Kier molecular flexibility index (Phi) is 2.99. The molecular formula is C14H20N2. The lowest BCUT2D eigenvalue weighted by Crippen LogP contribution is -2.26. The Labute approximate surface area is 97.5 Å². The molecule has 1 unspecified atom stereocenters. The predicted molar refractivity (Wildman–Crippen MR) is 67.9 cm³/mol. The van der Waals surface area contributed by atoms with Crippen LogP contribution in [0, 0.1) is 11.3 Å². The van der Waals surface area contributed by atoms with Crippen LogP contribution < -0.4 is 0 Å². The van der Waals surface area contributed by atoms with Crippen molar-refractivity contribution in [1.82, 2.24) is 10.2 Å². The van der Waals surface area contributed by atoms with Crippen LogP contribution in [0.1, 0.15) is 39.3 Å². The molecule has 0 bridgehead atoms. The summed E-state index contributed by atoms with van der Waals surface area (Å²) < 4.78 is 0. The summed E-state index contributed by atoms with van der Waals surface area (Å²) in [6.07, 6.45) is 11.1. The monoisotopic (exact) mass is 216 g/mol. The van der Waals surface area contributed by atoms with Crippen molar-refractivity contribution in [3.05, 3.63) is 35.7 Å². The number of allylic oxidation sites excluding steroid dienone is 3. The lowest BCUT2D eigenvalue weighted by atomic mass is 9.68. The minimum atomic E-state index is 0.370. The van der Waals surface area contributed by atoms with Crippen molar-refractivity contribution in [2.75, 3.05) is 0 Å². The first kappa shape index (κ1) is 11.2. The lowest BCUT2D eigenvalue weighted by molar-refractivity contribution is 0.256. The highest BCUT2D eigenvalue weighted by Crippen LogP contribution is 2.41. The molecule has 0 radical (unpaired) electrons. The minimum Gasteiger partial charge on any atom is -0.278 e. The second-order valence-corrected chi connectivity index (χ2v) is 5.32. The first-order valence-corrected chi connectivity index (χ1v) is 5.94. The van der Waals surface area contributed by atoms with Gasteiger partial charge in [-0.05, 0) is 37.3 Å². The highest BCUT2D eigenvalue weighted by molar-refractivity contribution is 5.45. The van der Waals surface area contributed by atoms with Crippen LogP contribution in [0.3, 0.4) is 0 Å². The molecule has 1 aliphatic rings. The summed E-state index contributed by atoms with van der Waals surface area (Å²) in [5.74, 6) is 0.546. The Bertz CT molecular complexity index is 396. The number of hydrogen-bond acceptors (Lipinski definition) is 1. The van der Waals surface area contributed by atoms with E-state index in [0.29, 0.717) is 11.3 Å². The predicted octanol–water partition coefficient (Wildman–Crippen LogP) is 3.81. The van der Waals surface area contributed by atoms with E-state index in [1.807, 2.05) is 6.07 Å². The van der Waals surface area contributed by atoms with Crippen LogP contribution >= 0.6 is 0 Å². The molecule has 16 heavy (non-hydrogen) atoms. The fourth-order valence-electron chi connectivity index (χ4n) is 2.54. The van der Waals surface area contributed by atoms with E-state index in [4.69, 9.17) is 0 Å². The van der Waals surface area contributed by atoms with E-state index < -0.39 is 0 Å². The molecule has 2 rings (SSSR count). The number of rotatable bonds is 2. The summed E-state index contributed by atoms with van der Waals surface area (Å²) >= 11 is 0. The van der Waals surface area contributed by atoms with E-state index in [9.17, 15) is 0 Å². The summed E-state index contributed by atoms with van der Waals surface area (Å²) in [5, 5.41) is 6.91. The zero-order chi connectivity index (χ0) is 11.6. The summed E-state index contributed by atoms with van der Waals surface area (Å²) in [4.78, 5) is 0. The van der Waals surface area contributed by atoms with Crippen molar-refractivity contribution < 1.29 is 0 Å². The first-order valence-electron chi connectivity index (χ1n) is 5.94. The molecule has 1 heterocycles. The van der Waals surface area contributed by atoms with Crippen molar-refractivity contribution in [3.8, 4) is 0 Å². The average molecular weight is 216 g/mol. The van der Waals surface area contributed by atoms with Gasteiger partial charge in [0.25, 0.3) is 0 Å². The lowest BCUT2D eigenvalue weighted by Gasteiger charge is -2.36. The normalized spacial score (nSPS) is 24.7. The molecule has 0 aromatic carbocycles. The SMILES string of the molecule is CC1=CCCC(C)(C)C1C=Cc1ccn[nH]1. The molecule has 0 saturated heterocycles. The molecule has 1 N–H and O–H groups in total. The van der Waals surface area contributed by atoms with Gasteiger partial charge in [-0.25, -0.2) is 0 Å². The summed E-state index contributed by atoms with van der Waals surface area (Å²) in [6.45, 7) is 6.94. The Balaban J connectivity index is 2.19. The van der Waals surface area contributed by atoms with Crippen LogP contribution in [0.25, 0.3) is 6.08 Å². The van der Waals surface area contributed by atoms with Crippen molar-refractivity contribution in [2.45, 2.75) is 33.6 Å². The number of nitrogens with one attached hydrogen (secondary N) is 1. The Morgan fingerprint density at radius 1 is 1.50 bits per heavy atom. The van der Waals surface area contributed by atoms with Gasteiger partial charge in [-0.2, -0.15) is 5.10 Å². The number of hydrogen-bond donors (Lipinski definition) is 1. The molecule has 2 heteroatoms. The standard InChI is InChI=1S/C14H20N2/c1-11-5-4-9-14(2,3)13(11)7-6-12-8-10-15-16-12/h5-8,10,13H,4,9H2,1-3H3,(H,15,16). The highest BCUT2D eigenvalue weighted by atomic mass is 15.1. The van der Waals surface area contributed by atoms with Crippen molar-refractivity contribution in [2.24, 2.45) is 11.3 Å². The third kappa shape index (κ3) is 2.26. The minimum absolute atomic E-state index is 0.370. The number of H-pyrrole nitrogens is 1. The number of nitrogens with zero attached hydrogens (tertiary/aromatic N) is 1. The molecular weight excluding hydrogens is 196 g/mol. The molecule has 1 aliphatic carbocycles. The van der Waals surface area contributed by atoms with Crippen LogP contribution in [0.2, 0.25) is 0 Å². The van der Waals surface area contributed by atoms with E-state index in [1.165, 1.54) is 18.4 Å². The summed E-state index contributed by atoms with van der Waals surface area (Å²) in [5.41, 5.74) is 2.94. The van der Waals surface area contributed by atoms with Crippen molar-refractivity contribution in [1.29, 1.82) is 0 Å². The van der Waals surface area contributed by atoms with Crippen LogP contribution in [0.15, 0.2) is 30.0 Å². The van der Waals surface area contributed by atoms with Gasteiger partial charge < -0.3 is 0 Å². The van der Waals surface area contributed by atoms with Gasteiger partial charge >= 0.3 is 0 Å². The maximum absolute atomic E-state index is 3.95. The maximum Gasteiger partial charge on any atom is 0.0574 e. The van der Waals surface area contributed by atoms with E-state index in [1.54, 1.807) is 6.20 Å². The maximum atomic E-state index is 3.95. The fourth-order valence-corrected chi connectivity index (χ4v) is 2.54. The van der Waals surface area contributed by atoms with E-state index >= 15 is 0 Å². The zero-order valence-corrected chi connectivity index (χ0v) is 10.3. The highest BCUT2D eigenvalue weighted by Gasteiger charge is 2.30. The molecule has 0 amide bonds. The Morgan fingerprint density at radius 2 is 2.31 bits per heavy atom. The smallest absolute Gasteiger partial charge is 0.0574 e. The molecule has 1 atom stereocenters. The Hall–Kier alpha value is -1.31. The quantitative estimate of drug-likeness (QED) is 0.748. The average Bonchev–Trinajstić information content (AvgIpc) is 2.68. The molecule has 86 valence electrons. The van der Waals surface area contributed by atoms with Crippen molar-refractivity contribution in [3.63, 3.8) is 0 Å². The molecule has 0 spiro atoms. The van der Waals surface area contributed by atoms with E-state index in [-0.39, 0.29) is 0 Å². The van der Waals surface area contributed by atoms with Gasteiger partial charge in [-0.1, -0.05) is 31.6 Å². The van der Waals surface area contributed by atoms with Gasteiger partial charge in [0.2, 0.25) is 0 Å². The molecule has 1 aromatic rings. The van der Waals surface area contributed by atoms with Crippen molar-refractivity contribution >= 4 is 6.08 Å². The third-order valence-corrected chi connectivity index (χ3v) is 3.58. The van der Waals surface area contributed by atoms with Gasteiger partial charge in [-0.3, -0.25) is 5.10 Å². The van der Waals surface area contributed by atoms with E-state index in [0.717, 1.165) is 5.69 Å². The summed E-state index contributed by atoms with van der Waals surface area (Å²) in [6, 6.07) is 1.99. The van der Waals surface area contributed by atoms with Gasteiger partial charge in [0.1, 0.15) is 0 Å². The molecule has 2 nitrogen and oxygen atoms in total. The third-order valence-electron chi connectivity index (χ3n) is 3.58. The second-order valence-electron chi connectivity index (χ2n) is 5.32. The topological polar surface area (TPSA) is 28.7 Å². The van der Waals surface area contributed by atoms with Crippen LogP contribution in [-0.2, 0) is 0 Å². The van der Waals surface area contributed by atoms with Gasteiger partial charge in [0, 0.05) is 12.1 Å². The zero-order valence-electron chi connectivity index (χ0n) is 10.3. The number of aromatic nitrogens is 2. The van der Waals surface area contributed by atoms with Gasteiger partial charge in [0.15, 0.2) is 0 Å². The first-order chi connectivity index (χ1) is 7.59. The molecule has 0 fully saturated rings. The largest absolute Gasteiger partial charge is 0.278 e. The molecule has 0 aliphatic heterocycles.